The molecule has 0 atom stereocenters. The average Bonchev–Trinajstić information content (AvgIpc) is 2.91. The lowest BCUT2D eigenvalue weighted by Gasteiger charge is -2.31. The Balaban J connectivity index is 0.00000441. The second kappa shape index (κ2) is 10.3. The molecule has 0 bridgehead atoms. The van der Waals surface area contributed by atoms with Gasteiger partial charge in [-0.2, -0.15) is 0 Å². The molecule has 5 nitrogen and oxygen atoms in total. The molecule has 0 aliphatic heterocycles. The van der Waals surface area contributed by atoms with Gasteiger partial charge in [0.1, 0.15) is 0 Å². The Labute approximate surface area is 152 Å². The molecule has 1 saturated carbocycles. The molecule has 22 heavy (non-hydrogen) atoms. The zero-order valence-electron chi connectivity index (χ0n) is 14.7. The van der Waals surface area contributed by atoms with E-state index in [1.165, 1.54) is 0 Å². The highest BCUT2D eigenvalue weighted by Gasteiger charge is 2.42. The first-order chi connectivity index (χ1) is 9.91. The van der Waals surface area contributed by atoms with Crippen LogP contribution in [-0.4, -0.2) is 51.0 Å². The van der Waals surface area contributed by atoms with Crippen molar-refractivity contribution in [2.75, 3.05) is 34.2 Å². The molecule has 0 aromatic rings. The topological polar surface area (TPSA) is 56.7 Å². The third kappa shape index (κ3) is 6.30. The molecule has 0 unspecified atom stereocenters. The van der Waals surface area contributed by atoms with Crippen LogP contribution in [0.5, 0.6) is 0 Å². The third-order valence-corrected chi connectivity index (χ3v) is 4.25. The molecule has 1 aliphatic carbocycles. The van der Waals surface area contributed by atoms with Gasteiger partial charge in [0.2, 0.25) is 5.91 Å². The minimum absolute atomic E-state index is 0. The third-order valence-electron chi connectivity index (χ3n) is 4.25. The van der Waals surface area contributed by atoms with E-state index in [-0.39, 0.29) is 35.3 Å². The maximum atomic E-state index is 12.5. The number of amides is 1. The van der Waals surface area contributed by atoms with Crippen LogP contribution in [0.1, 0.15) is 46.0 Å². The number of guanidine groups is 1. The number of carbonyl (C=O) groups is 1. The molecule has 1 fully saturated rings. The molecule has 0 saturated heterocycles. The summed E-state index contributed by atoms with van der Waals surface area (Å²) in [5, 5.41) is 6.68. The van der Waals surface area contributed by atoms with Crippen molar-refractivity contribution >= 4 is 35.8 Å². The van der Waals surface area contributed by atoms with Crippen molar-refractivity contribution in [2.24, 2.45) is 16.3 Å². The van der Waals surface area contributed by atoms with Crippen molar-refractivity contribution in [2.45, 2.75) is 46.0 Å². The highest BCUT2D eigenvalue weighted by Crippen LogP contribution is 2.38. The van der Waals surface area contributed by atoms with Gasteiger partial charge in [0, 0.05) is 34.2 Å². The summed E-state index contributed by atoms with van der Waals surface area (Å²) < 4.78 is 0. The molecule has 2 N–H and O–H groups in total. The van der Waals surface area contributed by atoms with Gasteiger partial charge < -0.3 is 15.5 Å². The number of hydrogen-bond acceptors (Lipinski definition) is 2. The summed E-state index contributed by atoms with van der Waals surface area (Å²) in [6, 6.07) is 0. The Kier molecular flexibility index (Phi) is 10.0. The standard InChI is InChI=1S/C16H32N4O.HI/c1-13(2)8-11-18-15(17-3)19-12-16(9-6-7-10-16)14(21)20(4)5;/h13H,6-12H2,1-5H3,(H2,17,18,19);1H. The molecule has 0 aromatic carbocycles. The van der Waals surface area contributed by atoms with Gasteiger partial charge in [-0.1, -0.05) is 26.7 Å². The number of carbonyl (C=O) groups excluding carboxylic acids is 1. The van der Waals surface area contributed by atoms with E-state index in [0.29, 0.717) is 12.5 Å². The van der Waals surface area contributed by atoms with Crippen molar-refractivity contribution < 1.29 is 4.79 Å². The van der Waals surface area contributed by atoms with Crippen LogP contribution < -0.4 is 10.6 Å². The molecule has 6 heteroatoms. The lowest BCUT2D eigenvalue weighted by atomic mass is 9.84. The average molecular weight is 424 g/mol. The molecular formula is C16H33IN4O. The maximum Gasteiger partial charge on any atom is 0.230 e. The highest BCUT2D eigenvalue weighted by molar-refractivity contribution is 14.0. The van der Waals surface area contributed by atoms with Crippen molar-refractivity contribution in [1.29, 1.82) is 0 Å². The Morgan fingerprint density at radius 2 is 1.82 bits per heavy atom. The van der Waals surface area contributed by atoms with Crippen LogP contribution in [0, 0.1) is 11.3 Å². The summed E-state index contributed by atoms with van der Waals surface area (Å²) >= 11 is 0. The van der Waals surface area contributed by atoms with Crippen LogP contribution >= 0.6 is 24.0 Å². The van der Waals surface area contributed by atoms with Gasteiger partial charge in [0.25, 0.3) is 0 Å². The van der Waals surface area contributed by atoms with Gasteiger partial charge in [-0.3, -0.25) is 9.79 Å². The monoisotopic (exact) mass is 424 g/mol. The second-order valence-electron chi connectivity index (χ2n) is 6.72. The van der Waals surface area contributed by atoms with Gasteiger partial charge in [-0.05, 0) is 25.2 Å². The lowest BCUT2D eigenvalue weighted by molar-refractivity contribution is -0.138. The summed E-state index contributed by atoms with van der Waals surface area (Å²) in [4.78, 5) is 18.5. The Hall–Kier alpha value is -0.530. The van der Waals surface area contributed by atoms with Gasteiger partial charge in [0.15, 0.2) is 5.96 Å². The molecule has 1 aliphatic rings. The first-order valence-corrected chi connectivity index (χ1v) is 8.07. The van der Waals surface area contributed by atoms with Crippen molar-refractivity contribution in [3.63, 3.8) is 0 Å². The van der Waals surface area contributed by atoms with Crippen molar-refractivity contribution in [3.05, 3.63) is 0 Å². The maximum absolute atomic E-state index is 12.5. The van der Waals surface area contributed by atoms with Crippen LogP contribution in [0.15, 0.2) is 4.99 Å². The lowest BCUT2D eigenvalue weighted by Crippen LogP contribution is -2.49. The van der Waals surface area contributed by atoms with Gasteiger partial charge in [-0.15, -0.1) is 24.0 Å². The molecule has 0 heterocycles. The number of nitrogens with one attached hydrogen (secondary N) is 2. The Bertz CT molecular complexity index is 363. The van der Waals surface area contributed by atoms with E-state index < -0.39 is 0 Å². The number of rotatable bonds is 6. The first kappa shape index (κ1) is 21.5. The predicted molar refractivity (Wildman–Crippen MR) is 104 cm³/mol. The fourth-order valence-electron chi connectivity index (χ4n) is 2.95. The van der Waals surface area contributed by atoms with Crippen LogP contribution in [0.3, 0.4) is 0 Å². The molecule has 1 rings (SSSR count). The Morgan fingerprint density at radius 3 is 2.27 bits per heavy atom. The van der Waals surface area contributed by atoms with Gasteiger partial charge >= 0.3 is 0 Å². The number of aliphatic imine (C=N–C) groups is 1. The summed E-state index contributed by atoms with van der Waals surface area (Å²) in [7, 11) is 5.47. The summed E-state index contributed by atoms with van der Waals surface area (Å²) in [6.45, 7) is 6.00. The van der Waals surface area contributed by atoms with E-state index in [1.54, 1.807) is 11.9 Å². The zero-order chi connectivity index (χ0) is 15.9. The van der Waals surface area contributed by atoms with Crippen molar-refractivity contribution in [3.8, 4) is 0 Å². The predicted octanol–water partition coefficient (Wildman–Crippen LogP) is 2.46. The smallest absolute Gasteiger partial charge is 0.230 e. The minimum atomic E-state index is -0.251. The van der Waals surface area contributed by atoms with Crippen LogP contribution in [0.2, 0.25) is 0 Å². The van der Waals surface area contributed by atoms with Crippen LogP contribution in [-0.2, 0) is 4.79 Å². The van der Waals surface area contributed by atoms with E-state index >= 15 is 0 Å². The number of nitrogens with zero attached hydrogens (tertiary/aromatic N) is 2. The fourth-order valence-corrected chi connectivity index (χ4v) is 2.95. The van der Waals surface area contributed by atoms with Crippen LogP contribution in [0.4, 0.5) is 0 Å². The van der Waals surface area contributed by atoms with Gasteiger partial charge in [0.05, 0.1) is 5.41 Å². The van der Waals surface area contributed by atoms with E-state index in [2.05, 4.69) is 29.5 Å². The first-order valence-electron chi connectivity index (χ1n) is 8.07. The largest absolute Gasteiger partial charge is 0.356 e. The van der Waals surface area contributed by atoms with Crippen LogP contribution in [0.25, 0.3) is 0 Å². The molecular weight excluding hydrogens is 391 g/mol. The van der Waals surface area contributed by atoms with Gasteiger partial charge in [-0.25, -0.2) is 0 Å². The van der Waals surface area contributed by atoms with E-state index in [9.17, 15) is 4.79 Å². The zero-order valence-corrected chi connectivity index (χ0v) is 17.1. The molecule has 0 aromatic heterocycles. The minimum Gasteiger partial charge on any atom is -0.356 e. The summed E-state index contributed by atoms with van der Waals surface area (Å²) in [6.07, 6.45) is 5.34. The summed E-state index contributed by atoms with van der Waals surface area (Å²) in [5.74, 6) is 1.71. The molecule has 0 radical (unpaired) electrons. The molecule has 0 spiro atoms. The molecule has 130 valence electrons. The Morgan fingerprint density at radius 1 is 1.23 bits per heavy atom. The number of hydrogen-bond donors (Lipinski definition) is 2. The second-order valence-corrected chi connectivity index (χ2v) is 6.72. The summed E-state index contributed by atoms with van der Waals surface area (Å²) in [5.41, 5.74) is -0.251. The van der Waals surface area contributed by atoms with Crippen molar-refractivity contribution in [1.82, 2.24) is 15.5 Å². The highest BCUT2D eigenvalue weighted by atomic mass is 127. The molecule has 1 amide bonds. The SMILES string of the molecule is CN=C(NCCC(C)C)NCC1(C(=O)N(C)C)CCCC1.I. The quantitative estimate of drug-likeness (QED) is 0.391. The van der Waals surface area contributed by atoms with E-state index in [1.807, 2.05) is 14.1 Å². The fraction of sp³-hybridized carbons (Fsp3) is 0.875. The van der Waals surface area contributed by atoms with E-state index in [0.717, 1.165) is 44.6 Å². The van der Waals surface area contributed by atoms with E-state index in [4.69, 9.17) is 0 Å². The normalized spacial score (nSPS) is 17.1. The number of halogens is 1.